The van der Waals surface area contributed by atoms with Crippen molar-refractivity contribution < 1.29 is 0 Å². The van der Waals surface area contributed by atoms with Gasteiger partial charge in [-0.1, -0.05) is 29.2 Å². The van der Waals surface area contributed by atoms with Crippen LogP contribution in [0, 0.1) is 0 Å². The Hall–Kier alpha value is 0.00494. The molecule has 0 fully saturated rings. The van der Waals surface area contributed by atoms with Crippen molar-refractivity contribution in [2.45, 2.75) is 0 Å². The maximum atomic E-state index is 5.65. The Bertz CT molecular complexity index is 185. The lowest BCUT2D eigenvalue weighted by Crippen LogP contribution is -2.05. The Balaban J connectivity index is 2.88. The zero-order valence-corrected chi connectivity index (χ0v) is 6.75. The Morgan fingerprint density at radius 3 is 2.22 bits per heavy atom. The molecular formula is C6H6BClP. The third-order valence-electron chi connectivity index (χ3n) is 1.06. The van der Waals surface area contributed by atoms with Gasteiger partial charge in [0.15, 0.2) is 7.00 Å². The van der Waals surface area contributed by atoms with Crippen LogP contribution < -0.4 is 5.46 Å². The summed E-state index contributed by atoms with van der Waals surface area (Å²) in [7, 11) is 2.54. The number of benzene rings is 1. The highest BCUT2D eigenvalue weighted by molar-refractivity contribution is 7.58. The van der Waals surface area contributed by atoms with Crippen LogP contribution in [0.5, 0.6) is 0 Å². The maximum Gasteiger partial charge on any atom is 0.178 e. The van der Waals surface area contributed by atoms with Gasteiger partial charge in [-0.05, 0) is 12.1 Å². The van der Waals surface area contributed by atoms with Crippen LogP contribution in [0.4, 0.5) is 0 Å². The summed E-state index contributed by atoms with van der Waals surface area (Å²) in [4.78, 5) is 0. The smallest absolute Gasteiger partial charge is 0.172 e. The third-order valence-corrected chi connectivity index (χ3v) is 1.70. The quantitative estimate of drug-likeness (QED) is 0.425. The lowest BCUT2D eigenvalue weighted by Gasteiger charge is -1.92. The molecule has 0 aliphatic heterocycles. The first-order valence-corrected chi connectivity index (χ1v) is 3.68. The van der Waals surface area contributed by atoms with Crippen molar-refractivity contribution in [1.82, 2.24) is 0 Å². The van der Waals surface area contributed by atoms with Crippen molar-refractivity contribution in [2.24, 2.45) is 0 Å². The van der Waals surface area contributed by atoms with Crippen molar-refractivity contribution in [3.8, 4) is 0 Å². The Morgan fingerprint density at radius 1 is 1.22 bits per heavy atom. The van der Waals surface area contributed by atoms with E-state index in [9.17, 15) is 0 Å². The highest BCUT2D eigenvalue weighted by atomic mass is 35.5. The average molecular weight is 155 g/mol. The lowest BCUT2D eigenvalue weighted by atomic mass is 9.95. The van der Waals surface area contributed by atoms with Gasteiger partial charge in [-0.15, -0.1) is 0 Å². The van der Waals surface area contributed by atoms with Crippen molar-refractivity contribution >= 4 is 33.2 Å². The van der Waals surface area contributed by atoms with Crippen LogP contribution in [0.25, 0.3) is 0 Å². The first-order chi connectivity index (χ1) is 4.33. The molecule has 9 heavy (non-hydrogen) atoms. The van der Waals surface area contributed by atoms with Crippen LogP contribution in [-0.4, -0.2) is 7.00 Å². The number of hydrogen-bond acceptors (Lipinski definition) is 0. The minimum absolute atomic E-state index is 0.783. The summed E-state index contributed by atoms with van der Waals surface area (Å²) in [6.45, 7) is 1.95. The predicted molar refractivity (Wildman–Crippen MR) is 46.6 cm³/mol. The van der Waals surface area contributed by atoms with Crippen molar-refractivity contribution in [1.29, 1.82) is 0 Å². The van der Waals surface area contributed by atoms with Crippen LogP contribution in [0.1, 0.15) is 0 Å². The van der Waals surface area contributed by atoms with E-state index in [2.05, 4.69) is 9.12 Å². The highest BCUT2D eigenvalue weighted by Crippen LogP contribution is 2.03. The minimum atomic E-state index is 0.783. The van der Waals surface area contributed by atoms with Gasteiger partial charge in [-0.3, -0.25) is 0 Å². The van der Waals surface area contributed by atoms with E-state index in [0.29, 0.717) is 0 Å². The fourth-order valence-electron chi connectivity index (χ4n) is 0.574. The molecule has 0 nitrogen and oxygen atoms in total. The normalized spacial score (nSPS) is 9.11. The highest BCUT2D eigenvalue weighted by Gasteiger charge is 1.87. The van der Waals surface area contributed by atoms with E-state index in [-0.39, 0.29) is 0 Å². The number of halogens is 1. The molecular weight excluding hydrogens is 149 g/mol. The van der Waals surface area contributed by atoms with E-state index in [1.54, 1.807) is 0 Å². The summed E-state index contributed by atoms with van der Waals surface area (Å²) in [5, 5.41) is 0.783. The summed E-state index contributed by atoms with van der Waals surface area (Å²) in [5.41, 5.74) is 1.17. The van der Waals surface area contributed by atoms with Crippen molar-refractivity contribution in [3.63, 3.8) is 0 Å². The molecule has 0 aliphatic carbocycles. The van der Waals surface area contributed by atoms with Crippen LogP contribution in [0.2, 0.25) is 5.02 Å². The average Bonchev–Trinajstić information content (AvgIpc) is 1.90. The van der Waals surface area contributed by atoms with Gasteiger partial charge in [0, 0.05) is 5.02 Å². The fourth-order valence-corrected chi connectivity index (χ4v) is 0.922. The molecule has 1 unspecified atom stereocenters. The van der Waals surface area contributed by atoms with E-state index in [1.165, 1.54) is 5.46 Å². The zero-order chi connectivity index (χ0) is 6.69. The molecule has 3 heteroatoms. The molecule has 1 radical (unpaired) electrons. The maximum absolute atomic E-state index is 5.65. The molecule has 0 N–H and O–H groups in total. The molecule has 0 saturated carbocycles. The van der Waals surface area contributed by atoms with Crippen LogP contribution in [-0.2, 0) is 0 Å². The molecule has 0 spiro atoms. The number of hydrogen-bond donors (Lipinski definition) is 0. The fraction of sp³-hybridized carbons (Fsp3) is 0. The Kier molecular flexibility index (Phi) is 2.56. The molecule has 45 valence electrons. The van der Waals surface area contributed by atoms with Crippen LogP contribution >= 0.6 is 20.7 Å². The predicted octanol–water partition coefficient (Wildman–Crippen LogP) is 1.46. The van der Waals surface area contributed by atoms with E-state index >= 15 is 0 Å². The molecule has 0 heterocycles. The van der Waals surface area contributed by atoms with E-state index in [1.807, 2.05) is 31.3 Å². The first kappa shape index (κ1) is 7.12. The van der Waals surface area contributed by atoms with Crippen LogP contribution in [0.15, 0.2) is 24.3 Å². The summed E-state index contributed by atoms with van der Waals surface area (Å²) >= 11 is 5.65. The Morgan fingerprint density at radius 2 is 1.78 bits per heavy atom. The molecule has 0 bridgehead atoms. The minimum Gasteiger partial charge on any atom is -0.172 e. The standard InChI is InChI=1S/C6H6BClP/c8-6-3-1-5(7-9)2-4-6/h1-4H,9H2. The summed E-state index contributed by atoms with van der Waals surface area (Å²) in [6, 6.07) is 7.68. The topological polar surface area (TPSA) is 0 Å². The molecule has 1 aromatic carbocycles. The second kappa shape index (κ2) is 3.24. The monoisotopic (exact) mass is 155 g/mol. The van der Waals surface area contributed by atoms with Gasteiger partial charge in [0.25, 0.3) is 0 Å². The largest absolute Gasteiger partial charge is 0.178 e. The zero-order valence-electron chi connectivity index (χ0n) is 4.84. The van der Waals surface area contributed by atoms with Gasteiger partial charge in [0.1, 0.15) is 0 Å². The van der Waals surface area contributed by atoms with Gasteiger partial charge in [0.2, 0.25) is 0 Å². The number of rotatable bonds is 1. The molecule has 0 saturated heterocycles. The van der Waals surface area contributed by atoms with Gasteiger partial charge in [-0.2, -0.15) is 9.12 Å². The van der Waals surface area contributed by atoms with Gasteiger partial charge in [0.05, 0.1) is 0 Å². The SMILES string of the molecule is P[B]c1ccc(Cl)cc1. The third kappa shape index (κ3) is 2.00. The molecule has 0 amide bonds. The summed E-state index contributed by atoms with van der Waals surface area (Å²) < 4.78 is 0. The van der Waals surface area contributed by atoms with Crippen LogP contribution in [0.3, 0.4) is 0 Å². The molecule has 1 atom stereocenters. The van der Waals surface area contributed by atoms with Gasteiger partial charge < -0.3 is 0 Å². The van der Waals surface area contributed by atoms with Crippen molar-refractivity contribution in [2.75, 3.05) is 0 Å². The summed E-state index contributed by atoms with van der Waals surface area (Å²) in [5.74, 6) is 0. The molecule has 0 aliphatic rings. The van der Waals surface area contributed by atoms with Gasteiger partial charge in [-0.25, -0.2) is 0 Å². The molecule has 1 rings (SSSR count). The second-order valence-corrected chi connectivity index (χ2v) is 2.49. The van der Waals surface area contributed by atoms with Gasteiger partial charge >= 0.3 is 0 Å². The first-order valence-electron chi connectivity index (χ1n) is 2.63. The van der Waals surface area contributed by atoms with Crippen molar-refractivity contribution in [3.05, 3.63) is 29.3 Å². The van der Waals surface area contributed by atoms with E-state index in [4.69, 9.17) is 11.6 Å². The van der Waals surface area contributed by atoms with E-state index < -0.39 is 0 Å². The summed E-state index contributed by atoms with van der Waals surface area (Å²) in [6.07, 6.45) is 0. The molecule has 0 aromatic heterocycles. The second-order valence-electron chi connectivity index (χ2n) is 1.72. The lowest BCUT2D eigenvalue weighted by molar-refractivity contribution is 1.77. The Labute approximate surface area is 63.0 Å². The van der Waals surface area contributed by atoms with E-state index in [0.717, 1.165) is 5.02 Å². The molecule has 1 aromatic rings.